The van der Waals surface area contributed by atoms with Gasteiger partial charge in [0.1, 0.15) is 37.1 Å². The minimum absolute atomic E-state index is 0.0596. The van der Waals surface area contributed by atoms with Crippen molar-refractivity contribution in [2.45, 2.75) is 44.0 Å². The molecule has 9 heteroatoms. The number of hydrogen-bond acceptors (Lipinski definition) is 8. The average Bonchev–Trinajstić information content (AvgIpc) is 3.21. The van der Waals surface area contributed by atoms with E-state index in [1.807, 2.05) is 48.0 Å². The Morgan fingerprint density at radius 1 is 1.03 bits per heavy atom. The third-order valence-electron chi connectivity index (χ3n) is 6.20. The first-order chi connectivity index (χ1) is 16.3. The molecule has 0 aliphatic carbocycles. The number of hydrogen-bond donors (Lipinski definition) is 5. The van der Waals surface area contributed by atoms with Gasteiger partial charge in [-0.3, -0.25) is 0 Å². The first-order valence-corrected chi connectivity index (χ1v) is 11.1. The van der Waals surface area contributed by atoms with Crippen molar-refractivity contribution in [1.82, 2.24) is 4.57 Å². The number of benzene rings is 2. The number of aryl methyl sites for hydroxylation is 1. The molecule has 2 aromatic carbocycles. The molecule has 1 fully saturated rings. The summed E-state index contributed by atoms with van der Waals surface area (Å²) in [6.07, 6.45) is -4.35. The lowest BCUT2D eigenvalue weighted by molar-refractivity contribution is -0.231. The Kier molecular flexibility index (Phi) is 7.32. The van der Waals surface area contributed by atoms with E-state index in [-0.39, 0.29) is 13.2 Å². The Labute approximate surface area is 196 Å². The van der Waals surface area contributed by atoms with Crippen molar-refractivity contribution >= 4 is 16.9 Å². The predicted octanol–water partition coefficient (Wildman–Crippen LogP) is 0.662. The van der Waals surface area contributed by atoms with Crippen LogP contribution in [0.2, 0.25) is 0 Å². The normalized spacial score (nSPS) is 24.9. The van der Waals surface area contributed by atoms with Crippen LogP contribution in [0.3, 0.4) is 0 Å². The third-order valence-corrected chi connectivity index (χ3v) is 6.20. The van der Waals surface area contributed by atoms with E-state index in [9.17, 15) is 25.2 Å². The standard InChI is InChI=1S/C25H29NO8/c1-14-3-2-4-17-18(24-23(31)22(30)21(29)19(13-28)34-24)12-26(20(14)17)11-15-5-7-16(8-6-15)25(32)33-10-9-27/h2-8,12,19,21-24,27-31H,9-11,13H2,1H3/t19-,21-,22+,23-,24+/m1/s1. The van der Waals surface area contributed by atoms with Gasteiger partial charge in [0.05, 0.1) is 24.3 Å². The van der Waals surface area contributed by atoms with E-state index in [2.05, 4.69) is 0 Å². The number of carbonyl (C=O) groups excluding carboxylic acids is 1. The van der Waals surface area contributed by atoms with Gasteiger partial charge in [0.15, 0.2) is 0 Å². The molecule has 1 aliphatic rings. The quantitative estimate of drug-likeness (QED) is 0.317. The summed E-state index contributed by atoms with van der Waals surface area (Å²) in [6, 6.07) is 12.7. The Morgan fingerprint density at radius 3 is 2.44 bits per heavy atom. The topological polar surface area (TPSA) is 142 Å². The fourth-order valence-corrected chi connectivity index (χ4v) is 4.45. The lowest BCUT2D eigenvalue weighted by Gasteiger charge is -2.40. The Balaban J connectivity index is 1.67. The van der Waals surface area contributed by atoms with Crippen molar-refractivity contribution in [3.63, 3.8) is 0 Å². The molecule has 9 nitrogen and oxygen atoms in total. The molecule has 4 rings (SSSR count). The summed E-state index contributed by atoms with van der Waals surface area (Å²) in [5, 5.41) is 50.3. The molecule has 0 amide bonds. The summed E-state index contributed by atoms with van der Waals surface area (Å²) in [6.45, 7) is 1.64. The summed E-state index contributed by atoms with van der Waals surface area (Å²) in [5.74, 6) is -0.507. The second kappa shape index (κ2) is 10.2. The van der Waals surface area contributed by atoms with Crippen molar-refractivity contribution < 1.29 is 39.8 Å². The smallest absolute Gasteiger partial charge is 0.338 e. The summed E-state index contributed by atoms with van der Waals surface area (Å²) >= 11 is 0. The van der Waals surface area contributed by atoms with Gasteiger partial charge in [0, 0.05) is 23.7 Å². The van der Waals surface area contributed by atoms with Crippen LogP contribution >= 0.6 is 0 Å². The molecule has 1 aliphatic heterocycles. The number of fused-ring (bicyclic) bond motifs is 1. The number of ether oxygens (including phenoxy) is 2. The Hall–Kier alpha value is -2.79. The third kappa shape index (κ3) is 4.58. The van der Waals surface area contributed by atoms with Gasteiger partial charge in [-0.05, 0) is 30.2 Å². The maximum Gasteiger partial charge on any atom is 0.338 e. The van der Waals surface area contributed by atoms with Crippen LogP contribution in [0.1, 0.15) is 33.2 Å². The fraction of sp³-hybridized carbons (Fsp3) is 0.400. The van der Waals surface area contributed by atoms with E-state index in [4.69, 9.17) is 14.6 Å². The van der Waals surface area contributed by atoms with Crippen molar-refractivity contribution in [3.8, 4) is 0 Å². The minimum atomic E-state index is -1.46. The summed E-state index contributed by atoms with van der Waals surface area (Å²) in [5.41, 5.74) is 3.85. The van der Waals surface area contributed by atoms with Gasteiger partial charge in [0.25, 0.3) is 0 Å². The van der Waals surface area contributed by atoms with Crippen molar-refractivity contribution in [2.75, 3.05) is 19.8 Å². The first kappa shape index (κ1) is 24.3. The van der Waals surface area contributed by atoms with Gasteiger partial charge in [0.2, 0.25) is 0 Å². The molecule has 1 aromatic heterocycles. The van der Waals surface area contributed by atoms with E-state index in [1.165, 1.54) is 0 Å². The average molecular weight is 472 g/mol. The Morgan fingerprint density at radius 2 is 1.76 bits per heavy atom. The molecule has 0 bridgehead atoms. The molecular formula is C25H29NO8. The molecule has 34 heavy (non-hydrogen) atoms. The lowest BCUT2D eigenvalue weighted by atomic mass is 9.91. The van der Waals surface area contributed by atoms with Gasteiger partial charge in [-0.1, -0.05) is 30.3 Å². The Bertz CT molecular complexity index is 1140. The molecular weight excluding hydrogens is 442 g/mol. The molecule has 2 heterocycles. The molecule has 3 aromatic rings. The number of rotatable bonds is 7. The van der Waals surface area contributed by atoms with Crippen LogP contribution in [0.4, 0.5) is 0 Å². The van der Waals surface area contributed by atoms with E-state index >= 15 is 0 Å². The van der Waals surface area contributed by atoms with Gasteiger partial charge in [-0.15, -0.1) is 0 Å². The summed E-state index contributed by atoms with van der Waals surface area (Å²) in [4.78, 5) is 12.0. The molecule has 0 unspecified atom stereocenters. The highest BCUT2D eigenvalue weighted by Crippen LogP contribution is 2.38. The maximum absolute atomic E-state index is 12.0. The highest BCUT2D eigenvalue weighted by molar-refractivity contribution is 5.89. The van der Waals surface area contributed by atoms with E-state index < -0.39 is 43.1 Å². The zero-order valence-electron chi connectivity index (χ0n) is 18.7. The lowest BCUT2D eigenvalue weighted by Crippen LogP contribution is -2.55. The second-order valence-electron chi connectivity index (χ2n) is 8.49. The van der Waals surface area contributed by atoms with E-state index in [0.717, 1.165) is 22.0 Å². The molecule has 5 atom stereocenters. The summed E-state index contributed by atoms with van der Waals surface area (Å²) in [7, 11) is 0. The number of nitrogens with zero attached hydrogens (tertiary/aromatic N) is 1. The molecule has 0 radical (unpaired) electrons. The zero-order chi connectivity index (χ0) is 24.4. The van der Waals surface area contributed by atoms with Gasteiger partial charge in [-0.2, -0.15) is 0 Å². The van der Waals surface area contributed by atoms with Crippen LogP contribution in [0, 0.1) is 6.92 Å². The fourth-order valence-electron chi connectivity index (χ4n) is 4.45. The largest absolute Gasteiger partial charge is 0.460 e. The van der Waals surface area contributed by atoms with Gasteiger partial charge >= 0.3 is 5.97 Å². The highest BCUT2D eigenvalue weighted by atomic mass is 16.5. The number of carbonyl (C=O) groups is 1. The van der Waals surface area contributed by atoms with Crippen LogP contribution in [-0.2, 0) is 16.0 Å². The molecule has 1 saturated heterocycles. The number of para-hydroxylation sites is 1. The maximum atomic E-state index is 12.0. The van der Waals surface area contributed by atoms with Crippen LogP contribution in [0.5, 0.6) is 0 Å². The van der Waals surface area contributed by atoms with Gasteiger partial charge in [-0.25, -0.2) is 4.79 Å². The molecule has 0 saturated carbocycles. The predicted molar refractivity (Wildman–Crippen MR) is 122 cm³/mol. The first-order valence-electron chi connectivity index (χ1n) is 11.1. The molecule has 182 valence electrons. The second-order valence-corrected chi connectivity index (χ2v) is 8.49. The van der Waals surface area contributed by atoms with Crippen molar-refractivity contribution in [2.24, 2.45) is 0 Å². The monoisotopic (exact) mass is 471 g/mol. The van der Waals surface area contributed by atoms with Crippen LogP contribution < -0.4 is 0 Å². The van der Waals surface area contributed by atoms with Gasteiger partial charge < -0.3 is 39.6 Å². The van der Waals surface area contributed by atoms with Crippen LogP contribution in [-0.4, -0.2) is 80.3 Å². The van der Waals surface area contributed by atoms with E-state index in [1.54, 1.807) is 12.1 Å². The SMILES string of the molecule is Cc1cccc2c([C@@H]3O[C@H](CO)[C@@H](O)[C@H](O)[C@H]3O)cn(Cc3ccc(C(=O)OCCO)cc3)c12. The molecule has 0 spiro atoms. The summed E-state index contributed by atoms with van der Waals surface area (Å²) < 4.78 is 12.7. The molecule has 5 N–H and O–H groups in total. The van der Waals surface area contributed by atoms with Crippen molar-refractivity contribution in [1.29, 1.82) is 0 Å². The van der Waals surface area contributed by atoms with Crippen molar-refractivity contribution in [3.05, 3.63) is 70.9 Å². The van der Waals surface area contributed by atoms with E-state index in [0.29, 0.717) is 17.7 Å². The number of esters is 1. The van der Waals surface area contributed by atoms with Crippen LogP contribution in [0.25, 0.3) is 10.9 Å². The minimum Gasteiger partial charge on any atom is -0.460 e. The number of aliphatic hydroxyl groups excluding tert-OH is 5. The number of aromatic nitrogens is 1. The van der Waals surface area contributed by atoms with Crippen LogP contribution in [0.15, 0.2) is 48.7 Å². The number of aliphatic hydroxyl groups is 5. The zero-order valence-corrected chi connectivity index (χ0v) is 18.7. The highest BCUT2D eigenvalue weighted by Gasteiger charge is 2.44.